The van der Waals surface area contributed by atoms with Gasteiger partial charge in [-0.05, 0) is 43.1 Å². The average molecular weight is 292 g/mol. The summed E-state index contributed by atoms with van der Waals surface area (Å²) in [6.07, 6.45) is 1.29. The Balaban J connectivity index is 1.71. The van der Waals surface area contributed by atoms with Crippen LogP contribution in [0.2, 0.25) is 0 Å². The number of ether oxygens (including phenoxy) is 2. The number of carbonyl (C=O) groups excluding carboxylic acids is 1. The molecule has 0 unspecified atom stereocenters. The van der Waals surface area contributed by atoms with E-state index in [9.17, 15) is 4.79 Å². The number of carbonyl (C=O) groups is 1. The fourth-order valence-corrected chi connectivity index (χ4v) is 2.48. The SMILES string of the molecule is COCC(=O)Nc1ccc(OCCN2CC[C@H](C)C2)cc1. The lowest BCUT2D eigenvalue weighted by molar-refractivity contribution is -0.119. The van der Waals surface area contributed by atoms with Crippen LogP contribution in [0.1, 0.15) is 13.3 Å². The molecule has 5 heteroatoms. The van der Waals surface area contributed by atoms with Gasteiger partial charge in [-0.3, -0.25) is 9.69 Å². The molecule has 1 heterocycles. The molecule has 1 amide bonds. The van der Waals surface area contributed by atoms with Gasteiger partial charge in [0, 0.05) is 25.9 Å². The van der Waals surface area contributed by atoms with Gasteiger partial charge in [-0.15, -0.1) is 0 Å². The summed E-state index contributed by atoms with van der Waals surface area (Å²) in [5.41, 5.74) is 0.748. The summed E-state index contributed by atoms with van der Waals surface area (Å²) in [5, 5.41) is 2.75. The van der Waals surface area contributed by atoms with Crippen LogP contribution >= 0.6 is 0 Å². The van der Waals surface area contributed by atoms with E-state index in [0.29, 0.717) is 6.61 Å². The summed E-state index contributed by atoms with van der Waals surface area (Å²) >= 11 is 0. The van der Waals surface area contributed by atoms with Crippen LogP contribution in [0, 0.1) is 5.92 Å². The molecule has 1 aliphatic heterocycles. The van der Waals surface area contributed by atoms with Gasteiger partial charge in [0.25, 0.3) is 0 Å². The second-order valence-electron chi connectivity index (χ2n) is 5.55. The topological polar surface area (TPSA) is 50.8 Å². The van der Waals surface area contributed by atoms with Crippen LogP contribution in [0.5, 0.6) is 5.75 Å². The summed E-state index contributed by atoms with van der Waals surface area (Å²) in [6, 6.07) is 7.41. The van der Waals surface area contributed by atoms with E-state index in [1.165, 1.54) is 26.6 Å². The Labute approximate surface area is 126 Å². The van der Waals surface area contributed by atoms with Gasteiger partial charge in [0.2, 0.25) is 5.91 Å². The molecule has 21 heavy (non-hydrogen) atoms. The number of nitrogens with one attached hydrogen (secondary N) is 1. The van der Waals surface area contributed by atoms with Gasteiger partial charge >= 0.3 is 0 Å². The van der Waals surface area contributed by atoms with Crippen molar-refractivity contribution in [3.05, 3.63) is 24.3 Å². The van der Waals surface area contributed by atoms with Crippen LogP contribution in [0.4, 0.5) is 5.69 Å². The molecule has 1 saturated heterocycles. The molecule has 0 spiro atoms. The average Bonchev–Trinajstić information content (AvgIpc) is 2.87. The third-order valence-electron chi connectivity index (χ3n) is 3.60. The first-order chi connectivity index (χ1) is 10.2. The van der Waals surface area contributed by atoms with Crippen molar-refractivity contribution in [3.8, 4) is 5.75 Å². The number of rotatable bonds is 7. The first kappa shape index (κ1) is 15.8. The Hall–Kier alpha value is -1.59. The molecule has 1 fully saturated rings. The zero-order valence-electron chi connectivity index (χ0n) is 12.8. The Bertz CT molecular complexity index is 447. The molecule has 116 valence electrons. The molecule has 1 aromatic carbocycles. The Morgan fingerprint density at radius 3 is 2.76 bits per heavy atom. The van der Waals surface area contributed by atoms with E-state index in [1.807, 2.05) is 24.3 Å². The van der Waals surface area contributed by atoms with Crippen molar-refractivity contribution in [2.45, 2.75) is 13.3 Å². The van der Waals surface area contributed by atoms with Crippen molar-refractivity contribution >= 4 is 11.6 Å². The number of methoxy groups -OCH3 is 1. The molecule has 2 rings (SSSR count). The Kier molecular flexibility index (Phi) is 6.02. The minimum atomic E-state index is -0.158. The fraction of sp³-hybridized carbons (Fsp3) is 0.562. The minimum Gasteiger partial charge on any atom is -0.492 e. The summed E-state index contributed by atoms with van der Waals surface area (Å²) < 4.78 is 10.5. The second-order valence-corrected chi connectivity index (χ2v) is 5.55. The van der Waals surface area contributed by atoms with Crippen molar-refractivity contribution in [1.29, 1.82) is 0 Å². The Morgan fingerprint density at radius 2 is 2.14 bits per heavy atom. The standard InChI is InChI=1S/C16H24N2O3/c1-13-7-8-18(11-13)9-10-21-15-5-3-14(4-6-15)17-16(19)12-20-2/h3-6,13H,7-12H2,1-2H3,(H,17,19)/t13-/m0/s1. The molecule has 0 aliphatic carbocycles. The number of benzene rings is 1. The smallest absolute Gasteiger partial charge is 0.250 e. The van der Waals surface area contributed by atoms with Crippen LogP contribution in [-0.2, 0) is 9.53 Å². The molecular weight excluding hydrogens is 268 g/mol. The second kappa shape index (κ2) is 8.00. The maximum Gasteiger partial charge on any atom is 0.250 e. The maximum absolute atomic E-state index is 11.4. The number of amides is 1. The highest BCUT2D eigenvalue weighted by molar-refractivity contribution is 5.91. The van der Waals surface area contributed by atoms with Crippen LogP contribution in [0.15, 0.2) is 24.3 Å². The van der Waals surface area contributed by atoms with Crippen molar-refractivity contribution in [3.63, 3.8) is 0 Å². The molecule has 1 aromatic rings. The lowest BCUT2D eigenvalue weighted by Crippen LogP contribution is -2.25. The predicted molar refractivity (Wildman–Crippen MR) is 82.7 cm³/mol. The van der Waals surface area contributed by atoms with Gasteiger partial charge in [0.15, 0.2) is 0 Å². The highest BCUT2D eigenvalue weighted by atomic mass is 16.5. The van der Waals surface area contributed by atoms with Crippen molar-refractivity contribution < 1.29 is 14.3 Å². The first-order valence-electron chi connectivity index (χ1n) is 7.41. The van der Waals surface area contributed by atoms with Gasteiger partial charge < -0.3 is 14.8 Å². The number of hydrogen-bond donors (Lipinski definition) is 1. The van der Waals surface area contributed by atoms with Crippen molar-refractivity contribution in [1.82, 2.24) is 4.90 Å². The first-order valence-corrected chi connectivity index (χ1v) is 7.41. The van der Waals surface area contributed by atoms with E-state index < -0.39 is 0 Å². The molecule has 5 nitrogen and oxygen atoms in total. The summed E-state index contributed by atoms with van der Waals surface area (Å²) in [7, 11) is 1.50. The quantitative estimate of drug-likeness (QED) is 0.835. The summed E-state index contributed by atoms with van der Waals surface area (Å²) in [4.78, 5) is 13.8. The highest BCUT2D eigenvalue weighted by Gasteiger charge is 2.17. The maximum atomic E-state index is 11.4. The monoisotopic (exact) mass is 292 g/mol. The van der Waals surface area contributed by atoms with Gasteiger partial charge in [0.05, 0.1) is 0 Å². The third-order valence-corrected chi connectivity index (χ3v) is 3.60. The number of anilines is 1. The van der Waals surface area contributed by atoms with Crippen LogP contribution in [-0.4, -0.2) is 50.8 Å². The van der Waals surface area contributed by atoms with E-state index in [1.54, 1.807) is 0 Å². The van der Waals surface area contributed by atoms with Gasteiger partial charge in [-0.25, -0.2) is 0 Å². The van der Waals surface area contributed by atoms with E-state index >= 15 is 0 Å². The van der Waals surface area contributed by atoms with Gasteiger partial charge in [-0.2, -0.15) is 0 Å². The molecule has 1 atom stereocenters. The summed E-state index contributed by atoms with van der Waals surface area (Å²) in [5.74, 6) is 1.47. The molecule has 0 saturated carbocycles. The minimum absolute atomic E-state index is 0.0620. The number of likely N-dealkylation sites (tertiary alicyclic amines) is 1. The molecule has 1 N–H and O–H groups in total. The molecule has 1 aliphatic rings. The predicted octanol–water partition coefficient (Wildman–Crippen LogP) is 1.99. The largest absolute Gasteiger partial charge is 0.492 e. The van der Waals surface area contributed by atoms with Crippen LogP contribution in [0.25, 0.3) is 0 Å². The lowest BCUT2D eigenvalue weighted by Gasteiger charge is -2.15. The van der Waals surface area contributed by atoms with E-state index in [4.69, 9.17) is 9.47 Å². The fourth-order valence-electron chi connectivity index (χ4n) is 2.48. The molecule has 0 aromatic heterocycles. The summed E-state index contributed by atoms with van der Waals surface area (Å²) in [6.45, 7) is 6.37. The van der Waals surface area contributed by atoms with Crippen LogP contribution in [0.3, 0.4) is 0 Å². The molecule has 0 radical (unpaired) electrons. The number of nitrogens with zero attached hydrogens (tertiary/aromatic N) is 1. The Morgan fingerprint density at radius 1 is 1.38 bits per heavy atom. The normalized spacial score (nSPS) is 18.7. The van der Waals surface area contributed by atoms with E-state index in [2.05, 4.69) is 17.1 Å². The number of hydrogen-bond acceptors (Lipinski definition) is 4. The zero-order valence-corrected chi connectivity index (χ0v) is 12.8. The molecular formula is C16H24N2O3. The lowest BCUT2D eigenvalue weighted by atomic mass is 10.2. The van der Waals surface area contributed by atoms with Gasteiger partial charge in [0.1, 0.15) is 19.0 Å². The van der Waals surface area contributed by atoms with Crippen molar-refractivity contribution in [2.24, 2.45) is 5.92 Å². The van der Waals surface area contributed by atoms with Crippen molar-refractivity contribution in [2.75, 3.05) is 45.3 Å². The van der Waals surface area contributed by atoms with Crippen LogP contribution < -0.4 is 10.1 Å². The zero-order chi connectivity index (χ0) is 15.1. The van der Waals surface area contributed by atoms with Gasteiger partial charge in [-0.1, -0.05) is 6.92 Å². The van der Waals surface area contributed by atoms with E-state index in [-0.39, 0.29) is 12.5 Å². The third kappa shape index (κ3) is 5.36. The van der Waals surface area contributed by atoms with E-state index in [0.717, 1.165) is 23.9 Å². The molecule has 0 bridgehead atoms. The highest BCUT2D eigenvalue weighted by Crippen LogP contribution is 2.17.